The highest BCUT2D eigenvalue weighted by Crippen LogP contribution is 2.25. The Kier molecular flexibility index (Phi) is 5.83. The van der Waals surface area contributed by atoms with Crippen LogP contribution in [0.1, 0.15) is 44.0 Å². The molecule has 0 saturated heterocycles. The lowest BCUT2D eigenvalue weighted by molar-refractivity contribution is 0.545. The number of pyridine rings is 1. The number of benzene rings is 1. The lowest BCUT2D eigenvalue weighted by Gasteiger charge is -2.19. The van der Waals surface area contributed by atoms with E-state index in [0.29, 0.717) is 17.0 Å². The smallest absolute Gasteiger partial charge is 0.278 e. The average Bonchev–Trinajstić information content (AvgIpc) is 3.13. The number of hydrogen-bond acceptors (Lipinski definition) is 7. The predicted molar refractivity (Wildman–Crippen MR) is 135 cm³/mol. The monoisotopic (exact) mass is 468 g/mol. The van der Waals surface area contributed by atoms with Crippen LogP contribution in [0.4, 0.5) is 11.6 Å². The van der Waals surface area contributed by atoms with E-state index in [1.807, 2.05) is 18.2 Å². The molecule has 0 fully saturated rings. The molecule has 9 heteroatoms. The van der Waals surface area contributed by atoms with Crippen LogP contribution in [-0.4, -0.2) is 30.9 Å². The third-order valence-corrected chi connectivity index (χ3v) is 6.22. The minimum Gasteiger partial charge on any atom is -0.324 e. The van der Waals surface area contributed by atoms with Gasteiger partial charge in [0.1, 0.15) is 5.39 Å². The van der Waals surface area contributed by atoms with Gasteiger partial charge in [-0.15, -0.1) is 0 Å². The average molecular weight is 469 g/mol. The van der Waals surface area contributed by atoms with E-state index in [1.165, 1.54) is 11.1 Å². The van der Waals surface area contributed by atoms with Crippen molar-refractivity contribution in [3.63, 3.8) is 0 Å². The number of nitrogens with zero attached hydrogens (tertiary/aromatic N) is 6. The van der Waals surface area contributed by atoms with Crippen LogP contribution in [-0.2, 0) is 24.9 Å². The van der Waals surface area contributed by atoms with E-state index in [0.717, 1.165) is 36.6 Å². The van der Waals surface area contributed by atoms with Crippen LogP contribution in [0.15, 0.2) is 47.5 Å². The standard InChI is InChI=1S/C26H28N8O/c1-26(2,3)22-14-20(8-11-29-22)34-23-21(24(35)33(34)12-4-9-27)16-30-25(32-23)31-19-6-5-18-15-28-10-7-17(18)13-19/h5-6,8,11,13-14,16,28H,4,7,10,12,15H2,1-3H3,(H,30,31,32). The van der Waals surface area contributed by atoms with Gasteiger partial charge in [0, 0.05) is 35.7 Å². The van der Waals surface area contributed by atoms with Gasteiger partial charge in [-0.1, -0.05) is 26.8 Å². The maximum absolute atomic E-state index is 13.3. The van der Waals surface area contributed by atoms with Gasteiger partial charge in [-0.25, -0.2) is 14.3 Å². The first kappa shape index (κ1) is 22.7. The van der Waals surface area contributed by atoms with Crippen molar-refractivity contribution in [1.82, 2.24) is 29.6 Å². The number of hydrogen-bond donors (Lipinski definition) is 2. The summed E-state index contributed by atoms with van der Waals surface area (Å²) in [5.74, 6) is 0.405. The first-order valence-electron chi connectivity index (χ1n) is 11.8. The van der Waals surface area contributed by atoms with Gasteiger partial charge >= 0.3 is 0 Å². The first-order valence-corrected chi connectivity index (χ1v) is 11.8. The van der Waals surface area contributed by atoms with Crippen molar-refractivity contribution in [2.24, 2.45) is 0 Å². The molecule has 4 heterocycles. The Labute approximate surface area is 203 Å². The normalized spacial score (nSPS) is 13.4. The topological polar surface area (TPSA) is 113 Å². The van der Waals surface area contributed by atoms with E-state index in [1.54, 1.807) is 21.8 Å². The lowest BCUT2D eigenvalue weighted by atomic mass is 9.91. The quantitative estimate of drug-likeness (QED) is 0.460. The molecule has 5 rings (SSSR count). The zero-order chi connectivity index (χ0) is 24.6. The fourth-order valence-corrected chi connectivity index (χ4v) is 4.35. The van der Waals surface area contributed by atoms with E-state index < -0.39 is 0 Å². The third kappa shape index (κ3) is 4.40. The predicted octanol–water partition coefficient (Wildman–Crippen LogP) is 3.58. The lowest BCUT2D eigenvalue weighted by Crippen LogP contribution is -2.23. The number of fused-ring (bicyclic) bond motifs is 2. The summed E-state index contributed by atoms with van der Waals surface area (Å²) in [4.78, 5) is 26.9. The third-order valence-electron chi connectivity index (χ3n) is 6.22. The molecule has 178 valence electrons. The molecular formula is C26H28N8O. The van der Waals surface area contributed by atoms with Crippen LogP contribution in [0.2, 0.25) is 0 Å². The highest BCUT2D eigenvalue weighted by atomic mass is 16.1. The molecule has 0 aliphatic carbocycles. The zero-order valence-electron chi connectivity index (χ0n) is 20.2. The van der Waals surface area contributed by atoms with Crippen LogP contribution in [0.5, 0.6) is 0 Å². The number of nitrogens with one attached hydrogen (secondary N) is 2. The first-order chi connectivity index (χ1) is 16.8. The summed E-state index contributed by atoms with van der Waals surface area (Å²) in [6.45, 7) is 8.37. The molecule has 9 nitrogen and oxygen atoms in total. The molecule has 0 radical (unpaired) electrons. The van der Waals surface area contributed by atoms with Gasteiger partial charge < -0.3 is 10.6 Å². The maximum atomic E-state index is 13.3. The van der Waals surface area contributed by atoms with E-state index >= 15 is 0 Å². The SMILES string of the molecule is CC(C)(C)c1cc(-n2c3nc(Nc4ccc5c(c4)CCNC5)ncc3c(=O)n2CCC#N)ccn1. The molecule has 35 heavy (non-hydrogen) atoms. The molecule has 0 atom stereocenters. The molecule has 1 aromatic carbocycles. The Hall–Kier alpha value is -4.03. The van der Waals surface area contributed by atoms with Crippen molar-refractivity contribution in [1.29, 1.82) is 5.26 Å². The van der Waals surface area contributed by atoms with Gasteiger partial charge in [-0.3, -0.25) is 9.78 Å². The number of aromatic nitrogens is 5. The van der Waals surface area contributed by atoms with E-state index in [9.17, 15) is 10.1 Å². The van der Waals surface area contributed by atoms with Gasteiger partial charge in [0.25, 0.3) is 5.56 Å². The second-order valence-electron chi connectivity index (χ2n) is 9.76. The number of rotatable bonds is 5. The molecule has 0 bridgehead atoms. The molecule has 0 spiro atoms. The van der Waals surface area contributed by atoms with Crippen molar-refractivity contribution in [3.8, 4) is 11.8 Å². The highest BCUT2D eigenvalue weighted by Gasteiger charge is 2.21. The second kappa shape index (κ2) is 8.96. The number of anilines is 2. The summed E-state index contributed by atoms with van der Waals surface area (Å²) in [5, 5.41) is 16.3. The largest absolute Gasteiger partial charge is 0.324 e. The van der Waals surface area contributed by atoms with Gasteiger partial charge in [0.15, 0.2) is 5.65 Å². The summed E-state index contributed by atoms with van der Waals surface area (Å²) in [7, 11) is 0. The molecule has 2 N–H and O–H groups in total. The van der Waals surface area contributed by atoms with Crippen molar-refractivity contribution >= 4 is 22.7 Å². The van der Waals surface area contributed by atoms with Gasteiger partial charge in [-0.2, -0.15) is 10.2 Å². The molecule has 0 unspecified atom stereocenters. The second-order valence-corrected chi connectivity index (χ2v) is 9.76. The van der Waals surface area contributed by atoms with Crippen LogP contribution >= 0.6 is 0 Å². The van der Waals surface area contributed by atoms with Crippen LogP contribution in [0, 0.1) is 11.3 Å². The van der Waals surface area contributed by atoms with Gasteiger partial charge in [0.2, 0.25) is 5.95 Å². The molecule has 0 saturated carbocycles. The summed E-state index contributed by atoms with van der Waals surface area (Å²) < 4.78 is 3.33. The van der Waals surface area contributed by atoms with E-state index in [2.05, 4.69) is 59.6 Å². The van der Waals surface area contributed by atoms with Crippen LogP contribution < -0.4 is 16.2 Å². The molecule has 3 aromatic heterocycles. The molecule has 4 aromatic rings. The Bertz CT molecular complexity index is 1500. The van der Waals surface area contributed by atoms with E-state index in [4.69, 9.17) is 4.98 Å². The molecule has 0 amide bonds. The fourth-order valence-electron chi connectivity index (χ4n) is 4.35. The van der Waals surface area contributed by atoms with Crippen LogP contribution in [0.25, 0.3) is 16.7 Å². The zero-order valence-corrected chi connectivity index (χ0v) is 20.2. The maximum Gasteiger partial charge on any atom is 0.278 e. The van der Waals surface area contributed by atoms with E-state index in [-0.39, 0.29) is 23.9 Å². The van der Waals surface area contributed by atoms with Crippen LogP contribution in [0.3, 0.4) is 0 Å². The van der Waals surface area contributed by atoms with Crippen molar-refractivity contribution in [3.05, 3.63) is 69.9 Å². The molecular weight excluding hydrogens is 440 g/mol. The summed E-state index contributed by atoms with van der Waals surface area (Å²) in [6.07, 6.45) is 4.48. The van der Waals surface area contributed by atoms with Crippen molar-refractivity contribution in [2.75, 3.05) is 11.9 Å². The number of nitriles is 1. The summed E-state index contributed by atoms with van der Waals surface area (Å²) in [6, 6.07) is 12.2. The van der Waals surface area contributed by atoms with Crippen molar-refractivity contribution in [2.45, 2.75) is 52.1 Å². The fraction of sp³-hybridized carbons (Fsp3) is 0.346. The summed E-state index contributed by atoms with van der Waals surface area (Å²) >= 11 is 0. The highest BCUT2D eigenvalue weighted by molar-refractivity contribution is 5.77. The Morgan fingerprint density at radius 1 is 1.17 bits per heavy atom. The minimum atomic E-state index is -0.225. The minimum absolute atomic E-state index is 0.166. The molecule has 1 aliphatic heterocycles. The van der Waals surface area contributed by atoms with Gasteiger partial charge in [-0.05, 0) is 48.4 Å². The van der Waals surface area contributed by atoms with Gasteiger partial charge in [0.05, 0.1) is 24.7 Å². The Balaban J connectivity index is 1.62. The Morgan fingerprint density at radius 2 is 2.03 bits per heavy atom. The summed E-state index contributed by atoms with van der Waals surface area (Å²) in [5.41, 5.74) is 5.26. The molecule has 1 aliphatic rings. The Morgan fingerprint density at radius 3 is 2.83 bits per heavy atom. The van der Waals surface area contributed by atoms with Crippen molar-refractivity contribution < 1.29 is 0 Å².